The summed E-state index contributed by atoms with van der Waals surface area (Å²) in [4.78, 5) is 30.3. The third-order valence-electron chi connectivity index (χ3n) is 8.45. The number of hydrogen-bond donors (Lipinski definition) is 1. The van der Waals surface area contributed by atoms with Gasteiger partial charge in [0.05, 0.1) is 10.6 Å². The Morgan fingerprint density at radius 1 is 0.851 bits per heavy atom. The van der Waals surface area contributed by atoms with E-state index in [9.17, 15) is 18.0 Å². The molecule has 0 spiro atoms. The number of hydrogen-bond acceptors (Lipinski definition) is 4. The lowest BCUT2D eigenvalue weighted by Gasteiger charge is -2.35. The molecule has 0 aliphatic heterocycles. The second-order valence-electron chi connectivity index (χ2n) is 11.7. The quantitative estimate of drug-likeness (QED) is 0.162. The Balaban J connectivity index is 1.60. The highest BCUT2D eigenvalue weighted by Crippen LogP contribution is 2.32. The number of nitrogens with one attached hydrogen (secondary N) is 1. The van der Waals surface area contributed by atoms with Crippen LogP contribution in [0.1, 0.15) is 42.4 Å². The maximum Gasteiger partial charge on any atom is 0.264 e. The van der Waals surface area contributed by atoms with Crippen molar-refractivity contribution < 1.29 is 18.0 Å². The van der Waals surface area contributed by atoms with Crippen LogP contribution in [0.3, 0.4) is 0 Å². The minimum atomic E-state index is -4.25. The van der Waals surface area contributed by atoms with Crippen molar-refractivity contribution >= 4 is 62.3 Å². The maximum atomic E-state index is 14.7. The number of rotatable bonds is 12. The van der Waals surface area contributed by atoms with E-state index in [0.717, 1.165) is 35.6 Å². The van der Waals surface area contributed by atoms with Gasteiger partial charge in [-0.3, -0.25) is 13.9 Å². The summed E-state index contributed by atoms with van der Waals surface area (Å²) in [5.74, 6) is -0.895. The van der Waals surface area contributed by atoms with Crippen molar-refractivity contribution in [2.75, 3.05) is 10.8 Å². The molecule has 7 nitrogen and oxygen atoms in total. The van der Waals surface area contributed by atoms with Gasteiger partial charge in [-0.25, -0.2) is 8.42 Å². The van der Waals surface area contributed by atoms with Crippen LogP contribution in [0, 0.1) is 6.92 Å². The van der Waals surface area contributed by atoms with Gasteiger partial charge in [0, 0.05) is 34.1 Å². The van der Waals surface area contributed by atoms with Gasteiger partial charge in [-0.2, -0.15) is 0 Å². The first-order valence-corrected chi connectivity index (χ1v) is 18.0. The molecule has 0 heterocycles. The number of halogens is 3. The third-order valence-corrected chi connectivity index (χ3v) is 11.2. The van der Waals surface area contributed by atoms with Crippen LogP contribution in [0.15, 0.2) is 102 Å². The molecule has 11 heteroatoms. The molecule has 5 rings (SSSR count). The average molecular weight is 713 g/mol. The first-order valence-electron chi connectivity index (χ1n) is 15.4. The van der Waals surface area contributed by atoms with Crippen LogP contribution in [-0.2, 0) is 32.6 Å². The summed E-state index contributed by atoms with van der Waals surface area (Å²) < 4.78 is 29.5. The first-order chi connectivity index (χ1) is 22.5. The van der Waals surface area contributed by atoms with Crippen molar-refractivity contribution in [3.05, 3.63) is 129 Å². The van der Waals surface area contributed by atoms with Crippen LogP contribution in [-0.4, -0.2) is 43.8 Å². The van der Waals surface area contributed by atoms with Gasteiger partial charge in [0.1, 0.15) is 12.6 Å². The molecule has 4 aromatic rings. The van der Waals surface area contributed by atoms with Crippen molar-refractivity contribution in [1.82, 2.24) is 10.2 Å². The zero-order chi connectivity index (χ0) is 33.6. The van der Waals surface area contributed by atoms with E-state index in [1.165, 1.54) is 17.0 Å². The van der Waals surface area contributed by atoms with Crippen molar-refractivity contribution in [3.63, 3.8) is 0 Å². The largest absolute Gasteiger partial charge is 0.352 e. The number of benzene rings is 4. The number of anilines is 1. The van der Waals surface area contributed by atoms with Crippen LogP contribution in [0.5, 0.6) is 0 Å². The van der Waals surface area contributed by atoms with Crippen molar-refractivity contribution in [3.8, 4) is 0 Å². The summed E-state index contributed by atoms with van der Waals surface area (Å²) in [7, 11) is -4.25. The maximum absolute atomic E-state index is 14.7. The third kappa shape index (κ3) is 8.49. The summed E-state index contributed by atoms with van der Waals surface area (Å²) >= 11 is 19.3. The van der Waals surface area contributed by atoms with E-state index in [1.54, 1.807) is 61.5 Å². The molecule has 1 N–H and O–H groups in total. The molecule has 0 radical (unpaired) electrons. The number of amides is 2. The number of carbonyl (C=O) groups excluding carboxylic acids is 2. The van der Waals surface area contributed by atoms with E-state index >= 15 is 0 Å². The van der Waals surface area contributed by atoms with Crippen molar-refractivity contribution in [2.45, 2.75) is 62.6 Å². The lowest BCUT2D eigenvalue weighted by molar-refractivity contribution is -0.140. The smallest absolute Gasteiger partial charge is 0.264 e. The molecule has 0 aromatic heterocycles. The van der Waals surface area contributed by atoms with Crippen LogP contribution >= 0.6 is 34.8 Å². The summed E-state index contributed by atoms with van der Waals surface area (Å²) in [6.07, 6.45) is 3.96. The van der Waals surface area contributed by atoms with Gasteiger partial charge in [0.15, 0.2) is 0 Å². The van der Waals surface area contributed by atoms with Gasteiger partial charge >= 0.3 is 0 Å². The number of nitrogens with zero attached hydrogens (tertiary/aromatic N) is 2. The van der Waals surface area contributed by atoms with E-state index in [4.69, 9.17) is 34.8 Å². The van der Waals surface area contributed by atoms with E-state index in [0.29, 0.717) is 26.2 Å². The second kappa shape index (κ2) is 15.6. The Kier molecular flexibility index (Phi) is 11.5. The molecule has 1 saturated carbocycles. The van der Waals surface area contributed by atoms with E-state index < -0.39 is 28.5 Å². The van der Waals surface area contributed by atoms with Gasteiger partial charge in [0.25, 0.3) is 10.0 Å². The SMILES string of the molecule is Cc1c(Cl)cccc1N(CC(=O)N(Cc1ccc(Cl)cc1Cl)C(Cc1ccccc1)C(=O)NC1CCCC1)S(=O)(=O)c1ccccc1. The monoisotopic (exact) mass is 711 g/mol. The predicted octanol–water partition coefficient (Wildman–Crippen LogP) is 7.85. The predicted molar refractivity (Wildman–Crippen MR) is 189 cm³/mol. The van der Waals surface area contributed by atoms with Gasteiger partial charge in [-0.05, 0) is 72.9 Å². The van der Waals surface area contributed by atoms with Crippen LogP contribution < -0.4 is 9.62 Å². The molecule has 4 aromatic carbocycles. The van der Waals surface area contributed by atoms with Crippen molar-refractivity contribution in [2.24, 2.45) is 0 Å². The Hall–Kier alpha value is -3.56. The summed E-state index contributed by atoms with van der Waals surface area (Å²) in [6, 6.07) is 26.2. The fourth-order valence-corrected chi connectivity index (χ4v) is 7.98. The Morgan fingerprint density at radius 2 is 1.51 bits per heavy atom. The fraction of sp³-hybridized carbons (Fsp3) is 0.278. The molecule has 1 unspecified atom stereocenters. The zero-order valence-electron chi connectivity index (χ0n) is 25.9. The summed E-state index contributed by atoms with van der Waals surface area (Å²) in [5.41, 5.74) is 2.16. The molecule has 1 fully saturated rings. The fourth-order valence-electron chi connectivity index (χ4n) is 5.85. The van der Waals surface area contributed by atoms with Crippen LogP contribution in [0.4, 0.5) is 5.69 Å². The molecule has 2 amide bonds. The normalized spacial score (nSPS) is 14.0. The molecular formula is C36H36Cl3N3O4S. The van der Waals surface area contributed by atoms with E-state index in [-0.39, 0.29) is 35.5 Å². The van der Waals surface area contributed by atoms with Crippen LogP contribution in [0.2, 0.25) is 15.1 Å². The number of carbonyl (C=O) groups is 2. The Bertz CT molecular complexity index is 1820. The highest BCUT2D eigenvalue weighted by atomic mass is 35.5. The molecule has 1 aliphatic rings. The van der Waals surface area contributed by atoms with Gasteiger partial charge in [-0.1, -0.05) is 108 Å². The molecule has 1 atom stereocenters. The Labute approximate surface area is 291 Å². The average Bonchev–Trinajstić information content (AvgIpc) is 3.57. The minimum Gasteiger partial charge on any atom is -0.352 e. The minimum absolute atomic E-state index is 0.000845. The summed E-state index contributed by atoms with van der Waals surface area (Å²) in [6.45, 7) is 1.05. The lowest BCUT2D eigenvalue weighted by Crippen LogP contribution is -2.54. The molecule has 246 valence electrons. The van der Waals surface area contributed by atoms with Crippen molar-refractivity contribution in [1.29, 1.82) is 0 Å². The van der Waals surface area contributed by atoms with E-state index in [1.807, 2.05) is 30.3 Å². The first kappa shape index (κ1) is 34.8. The highest BCUT2D eigenvalue weighted by molar-refractivity contribution is 7.92. The van der Waals surface area contributed by atoms with Gasteiger partial charge in [-0.15, -0.1) is 0 Å². The van der Waals surface area contributed by atoms with Gasteiger partial charge < -0.3 is 10.2 Å². The number of sulfonamides is 1. The highest BCUT2D eigenvalue weighted by Gasteiger charge is 2.36. The molecule has 0 saturated heterocycles. The second-order valence-corrected chi connectivity index (χ2v) is 14.8. The standard InChI is InChI=1S/C36H36Cl3N3O4S/c1-25-31(38)17-10-18-33(25)42(47(45,46)30-15-6-3-7-16-30)24-35(43)41(23-27-19-20-28(37)22-32(27)39)34(21-26-11-4-2-5-12-26)36(44)40-29-13-8-9-14-29/h2-7,10-12,15-20,22,29,34H,8-9,13-14,21,23-24H2,1H3,(H,40,44). The molecule has 1 aliphatic carbocycles. The van der Waals surface area contributed by atoms with Crippen LogP contribution in [0.25, 0.3) is 0 Å². The molecule has 0 bridgehead atoms. The lowest BCUT2D eigenvalue weighted by atomic mass is 10.0. The molecule has 47 heavy (non-hydrogen) atoms. The Morgan fingerprint density at radius 3 is 2.17 bits per heavy atom. The van der Waals surface area contributed by atoms with Gasteiger partial charge in [0.2, 0.25) is 11.8 Å². The topological polar surface area (TPSA) is 86.8 Å². The molecular weight excluding hydrogens is 677 g/mol. The summed E-state index contributed by atoms with van der Waals surface area (Å²) in [5, 5.41) is 4.27. The van der Waals surface area contributed by atoms with E-state index in [2.05, 4.69) is 5.32 Å². The zero-order valence-corrected chi connectivity index (χ0v) is 29.0.